The first kappa shape index (κ1) is 8.31. The van der Waals surface area contributed by atoms with E-state index in [1.54, 1.807) is 6.26 Å². The molecule has 0 fully saturated rings. The van der Waals surface area contributed by atoms with Crippen molar-refractivity contribution in [2.75, 3.05) is 5.73 Å². The first-order chi connectivity index (χ1) is 6.27. The largest absolute Gasteiger partial charge is 0.451 e. The molecule has 0 saturated carbocycles. The summed E-state index contributed by atoms with van der Waals surface area (Å²) >= 11 is 3.37. The van der Waals surface area contributed by atoms with Crippen LogP contribution < -0.4 is 5.73 Å². The zero-order chi connectivity index (χ0) is 9.26. The molecular weight excluding hydrogens is 232 g/mol. The van der Waals surface area contributed by atoms with Gasteiger partial charge in [0.15, 0.2) is 6.39 Å². The van der Waals surface area contributed by atoms with E-state index in [2.05, 4.69) is 20.9 Å². The Hall–Kier alpha value is -1.29. The second kappa shape index (κ2) is 3.22. The molecule has 66 valence electrons. The maximum Gasteiger partial charge on any atom is 0.181 e. The second-order valence-electron chi connectivity index (χ2n) is 2.61. The van der Waals surface area contributed by atoms with Crippen LogP contribution in [0.1, 0.15) is 0 Å². The standard InChI is InChI=1S/C9H7BrN2O/c10-6-1-2-8(11)7(3-6)9-4-13-5-12-9/h1-5H,11H2. The summed E-state index contributed by atoms with van der Waals surface area (Å²) in [4.78, 5) is 4.02. The Balaban J connectivity index is 2.57. The minimum Gasteiger partial charge on any atom is -0.451 e. The molecule has 0 amide bonds. The lowest BCUT2D eigenvalue weighted by Gasteiger charge is -2.01. The highest BCUT2D eigenvalue weighted by molar-refractivity contribution is 9.10. The van der Waals surface area contributed by atoms with E-state index < -0.39 is 0 Å². The van der Waals surface area contributed by atoms with Gasteiger partial charge in [0.25, 0.3) is 0 Å². The van der Waals surface area contributed by atoms with Crippen LogP contribution in [0.25, 0.3) is 11.3 Å². The highest BCUT2D eigenvalue weighted by Gasteiger charge is 2.05. The molecule has 13 heavy (non-hydrogen) atoms. The summed E-state index contributed by atoms with van der Waals surface area (Å²) in [5.74, 6) is 0. The van der Waals surface area contributed by atoms with Crippen LogP contribution in [0.5, 0.6) is 0 Å². The third-order valence-corrected chi connectivity index (χ3v) is 2.22. The molecule has 1 aromatic heterocycles. The predicted molar refractivity (Wildman–Crippen MR) is 54.1 cm³/mol. The van der Waals surface area contributed by atoms with E-state index >= 15 is 0 Å². The Bertz CT molecular complexity index is 412. The smallest absolute Gasteiger partial charge is 0.181 e. The molecule has 2 rings (SSSR count). The normalized spacial score (nSPS) is 10.2. The fourth-order valence-corrected chi connectivity index (χ4v) is 1.46. The Morgan fingerprint density at radius 3 is 2.92 bits per heavy atom. The summed E-state index contributed by atoms with van der Waals surface area (Å²) in [5, 5.41) is 0. The summed E-state index contributed by atoms with van der Waals surface area (Å²) < 4.78 is 5.85. The number of anilines is 1. The minimum atomic E-state index is 0.692. The molecule has 3 nitrogen and oxygen atoms in total. The quantitative estimate of drug-likeness (QED) is 0.778. The number of oxazole rings is 1. The van der Waals surface area contributed by atoms with Crippen molar-refractivity contribution in [1.82, 2.24) is 4.98 Å². The molecular formula is C9H7BrN2O. The molecule has 0 aliphatic rings. The van der Waals surface area contributed by atoms with Gasteiger partial charge in [-0.2, -0.15) is 0 Å². The van der Waals surface area contributed by atoms with E-state index in [1.807, 2.05) is 18.2 Å². The highest BCUT2D eigenvalue weighted by Crippen LogP contribution is 2.27. The van der Waals surface area contributed by atoms with Crippen molar-refractivity contribution in [3.8, 4) is 11.3 Å². The van der Waals surface area contributed by atoms with Gasteiger partial charge in [0.2, 0.25) is 0 Å². The molecule has 0 spiro atoms. The van der Waals surface area contributed by atoms with Crippen LogP contribution in [0.4, 0.5) is 5.69 Å². The number of nitrogen functional groups attached to an aromatic ring is 1. The first-order valence-corrected chi connectivity index (χ1v) is 4.50. The Morgan fingerprint density at radius 1 is 1.38 bits per heavy atom. The number of aromatic nitrogens is 1. The SMILES string of the molecule is Nc1ccc(Br)cc1-c1cocn1. The number of nitrogens with two attached hydrogens (primary N) is 1. The molecule has 2 aromatic rings. The van der Waals surface area contributed by atoms with Crippen molar-refractivity contribution in [3.63, 3.8) is 0 Å². The predicted octanol–water partition coefficient (Wildman–Crippen LogP) is 2.69. The van der Waals surface area contributed by atoms with Gasteiger partial charge in [-0.15, -0.1) is 0 Å². The van der Waals surface area contributed by atoms with Crippen molar-refractivity contribution >= 4 is 21.6 Å². The summed E-state index contributed by atoms with van der Waals surface area (Å²) in [6.07, 6.45) is 2.95. The number of halogens is 1. The Morgan fingerprint density at radius 2 is 2.23 bits per heavy atom. The van der Waals surface area contributed by atoms with Crippen molar-refractivity contribution in [1.29, 1.82) is 0 Å². The maximum absolute atomic E-state index is 5.78. The van der Waals surface area contributed by atoms with Crippen LogP contribution in [-0.4, -0.2) is 4.98 Å². The van der Waals surface area contributed by atoms with Gasteiger partial charge in [-0.1, -0.05) is 15.9 Å². The molecule has 0 atom stereocenters. The highest BCUT2D eigenvalue weighted by atomic mass is 79.9. The van der Waals surface area contributed by atoms with E-state index in [1.165, 1.54) is 6.39 Å². The van der Waals surface area contributed by atoms with Crippen LogP contribution >= 0.6 is 15.9 Å². The molecule has 0 bridgehead atoms. The van der Waals surface area contributed by atoms with Crippen LogP contribution in [0, 0.1) is 0 Å². The van der Waals surface area contributed by atoms with Crippen molar-refractivity contribution in [2.24, 2.45) is 0 Å². The third kappa shape index (κ3) is 1.58. The van der Waals surface area contributed by atoms with Gasteiger partial charge < -0.3 is 10.2 Å². The van der Waals surface area contributed by atoms with Gasteiger partial charge in [-0.05, 0) is 18.2 Å². The van der Waals surface area contributed by atoms with Gasteiger partial charge in [0.1, 0.15) is 12.0 Å². The van der Waals surface area contributed by atoms with Gasteiger partial charge >= 0.3 is 0 Å². The number of benzene rings is 1. The van der Waals surface area contributed by atoms with Crippen molar-refractivity contribution < 1.29 is 4.42 Å². The summed E-state index contributed by atoms with van der Waals surface area (Å²) in [7, 11) is 0. The Labute approximate surface area is 83.7 Å². The zero-order valence-corrected chi connectivity index (χ0v) is 8.28. The zero-order valence-electron chi connectivity index (χ0n) is 6.70. The molecule has 0 aliphatic carbocycles. The summed E-state index contributed by atoms with van der Waals surface area (Å²) in [6.45, 7) is 0. The fourth-order valence-electron chi connectivity index (χ4n) is 1.10. The number of rotatable bonds is 1. The molecule has 1 aromatic carbocycles. The minimum absolute atomic E-state index is 0.692. The van der Waals surface area contributed by atoms with Gasteiger partial charge in [0.05, 0.1) is 0 Å². The van der Waals surface area contributed by atoms with Gasteiger partial charge in [-0.3, -0.25) is 0 Å². The number of hydrogen-bond acceptors (Lipinski definition) is 3. The molecule has 4 heteroatoms. The monoisotopic (exact) mass is 238 g/mol. The molecule has 1 heterocycles. The summed E-state index contributed by atoms with van der Waals surface area (Å²) in [6, 6.07) is 5.63. The lowest BCUT2D eigenvalue weighted by molar-refractivity contribution is 0.558. The average Bonchev–Trinajstić information content (AvgIpc) is 2.61. The second-order valence-corrected chi connectivity index (χ2v) is 3.52. The Kier molecular flexibility index (Phi) is 2.06. The van der Waals surface area contributed by atoms with E-state index in [0.717, 1.165) is 15.7 Å². The maximum atomic E-state index is 5.78. The lowest BCUT2D eigenvalue weighted by Crippen LogP contribution is -1.89. The van der Waals surface area contributed by atoms with Crippen molar-refractivity contribution in [3.05, 3.63) is 35.3 Å². The average molecular weight is 239 g/mol. The lowest BCUT2D eigenvalue weighted by atomic mass is 10.1. The van der Waals surface area contributed by atoms with Gasteiger partial charge in [-0.25, -0.2) is 4.98 Å². The van der Waals surface area contributed by atoms with Crippen LogP contribution in [0.15, 0.2) is 39.7 Å². The molecule has 0 aliphatic heterocycles. The molecule has 2 N–H and O–H groups in total. The van der Waals surface area contributed by atoms with Crippen LogP contribution in [-0.2, 0) is 0 Å². The van der Waals surface area contributed by atoms with E-state index in [-0.39, 0.29) is 0 Å². The molecule has 0 saturated heterocycles. The van der Waals surface area contributed by atoms with Crippen molar-refractivity contribution in [2.45, 2.75) is 0 Å². The van der Waals surface area contributed by atoms with Crippen LogP contribution in [0.2, 0.25) is 0 Å². The third-order valence-electron chi connectivity index (χ3n) is 1.72. The summed E-state index contributed by atoms with van der Waals surface area (Å²) in [5.41, 5.74) is 8.10. The van der Waals surface area contributed by atoms with Crippen LogP contribution in [0.3, 0.4) is 0 Å². The first-order valence-electron chi connectivity index (χ1n) is 3.71. The number of hydrogen-bond donors (Lipinski definition) is 1. The molecule has 0 radical (unpaired) electrons. The van der Waals surface area contributed by atoms with E-state index in [4.69, 9.17) is 10.2 Å². The van der Waals surface area contributed by atoms with E-state index in [9.17, 15) is 0 Å². The van der Waals surface area contributed by atoms with Gasteiger partial charge in [0, 0.05) is 15.7 Å². The van der Waals surface area contributed by atoms with E-state index in [0.29, 0.717) is 5.69 Å². The molecule has 0 unspecified atom stereocenters. The fraction of sp³-hybridized carbons (Fsp3) is 0. The topological polar surface area (TPSA) is 52.0 Å². The number of nitrogens with zero attached hydrogens (tertiary/aromatic N) is 1.